The first-order chi connectivity index (χ1) is 11.4. The lowest BCUT2D eigenvalue weighted by Crippen LogP contribution is -2.27. The summed E-state index contributed by atoms with van der Waals surface area (Å²) >= 11 is 1.25. The van der Waals surface area contributed by atoms with Crippen molar-refractivity contribution < 1.29 is 14.7 Å². The zero-order valence-corrected chi connectivity index (χ0v) is 13.8. The lowest BCUT2D eigenvalue weighted by atomic mass is 10.1. The molecule has 0 saturated heterocycles. The molecule has 3 aromatic rings. The summed E-state index contributed by atoms with van der Waals surface area (Å²) in [7, 11) is 1.55. The molecule has 1 aromatic carbocycles. The van der Waals surface area contributed by atoms with Crippen LogP contribution in [0.5, 0.6) is 5.75 Å². The van der Waals surface area contributed by atoms with Gasteiger partial charge in [-0.2, -0.15) is 0 Å². The molecule has 0 spiro atoms. The predicted molar refractivity (Wildman–Crippen MR) is 93.1 cm³/mol. The molecule has 0 radical (unpaired) electrons. The van der Waals surface area contributed by atoms with E-state index in [0.29, 0.717) is 21.5 Å². The molecule has 122 valence electrons. The van der Waals surface area contributed by atoms with Gasteiger partial charge in [0.15, 0.2) is 11.5 Å². The third kappa shape index (κ3) is 2.59. The molecule has 0 atom stereocenters. The number of thiophene rings is 1. The van der Waals surface area contributed by atoms with E-state index in [1.165, 1.54) is 28.9 Å². The summed E-state index contributed by atoms with van der Waals surface area (Å²) in [5.41, 5.74) is 0.482. The number of carbonyl (C=O) groups excluding carboxylic acids is 2. The van der Waals surface area contributed by atoms with Gasteiger partial charge in [-0.25, -0.2) is 0 Å². The highest BCUT2D eigenvalue weighted by atomic mass is 32.1. The summed E-state index contributed by atoms with van der Waals surface area (Å²) < 4.78 is 1.80. The summed E-state index contributed by atoms with van der Waals surface area (Å²) in [6.07, 6.45) is 0. The van der Waals surface area contributed by atoms with Crippen LogP contribution in [0.4, 0.5) is 5.69 Å². The number of rotatable bonds is 3. The van der Waals surface area contributed by atoms with Crippen molar-refractivity contribution in [2.75, 3.05) is 5.32 Å². The molecule has 2 N–H and O–H groups in total. The Morgan fingerprint density at radius 1 is 1.25 bits per heavy atom. The first kappa shape index (κ1) is 15.9. The minimum atomic E-state index is -0.718. The number of anilines is 1. The topological polar surface area (TPSA) is 88.4 Å². The van der Waals surface area contributed by atoms with Crippen LogP contribution in [0.3, 0.4) is 0 Å². The van der Waals surface area contributed by atoms with Crippen LogP contribution in [0.1, 0.15) is 27.6 Å². The monoisotopic (exact) mass is 342 g/mol. The molecule has 1 amide bonds. The van der Waals surface area contributed by atoms with Crippen molar-refractivity contribution >= 4 is 38.9 Å². The number of fused-ring (bicyclic) bond motifs is 1. The maximum atomic E-state index is 12.5. The predicted octanol–water partition coefficient (Wildman–Crippen LogP) is 2.76. The zero-order chi connectivity index (χ0) is 17.4. The molecule has 0 aliphatic heterocycles. The molecule has 3 rings (SSSR count). The highest BCUT2D eigenvalue weighted by Gasteiger charge is 2.22. The maximum Gasteiger partial charge on any atom is 0.267 e. The van der Waals surface area contributed by atoms with Gasteiger partial charge in [0.2, 0.25) is 0 Å². The fourth-order valence-electron chi connectivity index (χ4n) is 2.45. The number of amides is 1. The van der Waals surface area contributed by atoms with E-state index in [1.54, 1.807) is 36.7 Å². The van der Waals surface area contributed by atoms with Crippen LogP contribution in [-0.2, 0) is 7.05 Å². The number of hydrogen-bond donors (Lipinski definition) is 2. The Balaban J connectivity index is 2.05. The van der Waals surface area contributed by atoms with E-state index < -0.39 is 11.5 Å². The lowest BCUT2D eigenvalue weighted by molar-refractivity contribution is 0.100. The minimum absolute atomic E-state index is 0.134. The van der Waals surface area contributed by atoms with Gasteiger partial charge in [0.25, 0.3) is 11.5 Å². The van der Waals surface area contributed by atoms with Crippen molar-refractivity contribution in [1.82, 2.24) is 4.57 Å². The number of ketones is 1. The van der Waals surface area contributed by atoms with E-state index in [-0.39, 0.29) is 17.1 Å². The van der Waals surface area contributed by atoms with Crippen LogP contribution in [0.25, 0.3) is 10.2 Å². The van der Waals surface area contributed by atoms with Crippen LogP contribution in [0.15, 0.2) is 40.5 Å². The highest BCUT2D eigenvalue weighted by molar-refractivity contribution is 7.17. The standard InChI is InChI=1S/C17H14N2O4S/c1-9(20)10-4-3-5-11(8-10)18-16(22)13-14(21)15-12(6-7-24-15)19(2)17(13)23/h3-8,21H,1-2H3,(H,18,22). The molecule has 2 aromatic heterocycles. The van der Waals surface area contributed by atoms with Gasteiger partial charge in [0, 0.05) is 18.3 Å². The molecule has 0 saturated carbocycles. The fourth-order valence-corrected chi connectivity index (χ4v) is 3.32. The van der Waals surface area contributed by atoms with Crippen molar-refractivity contribution in [2.24, 2.45) is 7.05 Å². The molecule has 0 bridgehead atoms. The molecule has 0 fully saturated rings. The van der Waals surface area contributed by atoms with Gasteiger partial charge in [-0.05, 0) is 30.5 Å². The average Bonchev–Trinajstić information content (AvgIpc) is 3.03. The van der Waals surface area contributed by atoms with E-state index in [4.69, 9.17) is 0 Å². The number of aryl methyl sites for hydroxylation is 1. The van der Waals surface area contributed by atoms with Crippen molar-refractivity contribution in [3.8, 4) is 5.75 Å². The van der Waals surface area contributed by atoms with Crippen molar-refractivity contribution in [2.45, 2.75) is 6.92 Å². The number of Topliss-reactive ketones (excluding diaryl/α,β-unsaturated/α-hetero) is 1. The Kier molecular flexibility index (Phi) is 3.94. The van der Waals surface area contributed by atoms with Gasteiger partial charge in [0.05, 0.1) is 10.2 Å². The number of nitrogens with zero attached hydrogens (tertiary/aromatic N) is 1. The Bertz CT molecular complexity index is 1030. The van der Waals surface area contributed by atoms with Gasteiger partial charge >= 0.3 is 0 Å². The smallest absolute Gasteiger partial charge is 0.267 e. The van der Waals surface area contributed by atoms with Crippen LogP contribution in [0.2, 0.25) is 0 Å². The number of carbonyl (C=O) groups is 2. The number of aromatic nitrogens is 1. The maximum absolute atomic E-state index is 12.5. The lowest BCUT2D eigenvalue weighted by Gasteiger charge is -2.10. The second kappa shape index (κ2) is 5.93. The van der Waals surface area contributed by atoms with Gasteiger partial charge in [-0.1, -0.05) is 12.1 Å². The summed E-state index contributed by atoms with van der Waals surface area (Å²) in [5.74, 6) is -1.18. The molecule has 7 heteroatoms. The first-order valence-electron chi connectivity index (χ1n) is 7.11. The van der Waals surface area contributed by atoms with Crippen molar-refractivity contribution in [3.05, 3.63) is 57.2 Å². The number of hydrogen-bond acceptors (Lipinski definition) is 5. The molecule has 0 aliphatic carbocycles. The third-order valence-electron chi connectivity index (χ3n) is 3.73. The number of pyridine rings is 1. The van der Waals surface area contributed by atoms with Gasteiger partial charge in [-0.3, -0.25) is 14.4 Å². The summed E-state index contributed by atoms with van der Waals surface area (Å²) in [4.78, 5) is 36.3. The van der Waals surface area contributed by atoms with Crippen molar-refractivity contribution in [3.63, 3.8) is 0 Å². The summed E-state index contributed by atoms with van der Waals surface area (Å²) in [6, 6.07) is 8.10. The number of aromatic hydroxyl groups is 1. The van der Waals surface area contributed by atoms with Gasteiger partial charge < -0.3 is 15.0 Å². The Morgan fingerprint density at radius 2 is 2.00 bits per heavy atom. The Labute approximate surface area is 141 Å². The van der Waals surface area contributed by atoms with E-state index in [1.807, 2.05) is 0 Å². The van der Waals surface area contributed by atoms with Gasteiger partial charge in [0.1, 0.15) is 5.56 Å². The SMILES string of the molecule is CC(=O)c1cccc(NC(=O)c2c(O)c3sccc3n(C)c2=O)c1. The van der Waals surface area contributed by atoms with Crippen molar-refractivity contribution in [1.29, 1.82) is 0 Å². The van der Waals surface area contributed by atoms with Crippen LogP contribution >= 0.6 is 11.3 Å². The number of nitrogens with one attached hydrogen (secondary N) is 1. The van der Waals surface area contributed by atoms with Crippen LogP contribution in [0, 0.1) is 0 Å². The van der Waals surface area contributed by atoms with E-state index >= 15 is 0 Å². The zero-order valence-electron chi connectivity index (χ0n) is 13.0. The quantitative estimate of drug-likeness (QED) is 0.716. The normalized spacial score (nSPS) is 10.8. The second-order valence-corrected chi connectivity index (χ2v) is 6.23. The number of benzene rings is 1. The third-order valence-corrected chi connectivity index (χ3v) is 4.64. The van der Waals surface area contributed by atoms with Crippen LogP contribution < -0.4 is 10.9 Å². The van der Waals surface area contributed by atoms with E-state index in [2.05, 4.69) is 5.32 Å². The Morgan fingerprint density at radius 3 is 2.71 bits per heavy atom. The molecule has 6 nitrogen and oxygen atoms in total. The second-order valence-electron chi connectivity index (χ2n) is 5.31. The minimum Gasteiger partial charge on any atom is -0.505 e. The molecule has 2 heterocycles. The largest absolute Gasteiger partial charge is 0.505 e. The fraction of sp³-hybridized carbons (Fsp3) is 0.118. The molecule has 0 unspecified atom stereocenters. The molecule has 24 heavy (non-hydrogen) atoms. The highest BCUT2D eigenvalue weighted by Crippen LogP contribution is 2.31. The molecular formula is C17H14N2O4S. The molecular weight excluding hydrogens is 328 g/mol. The van der Waals surface area contributed by atoms with E-state index in [9.17, 15) is 19.5 Å². The Hall–Kier alpha value is -2.93. The summed E-state index contributed by atoms with van der Waals surface area (Å²) in [5, 5.41) is 14.6. The van der Waals surface area contributed by atoms with Crippen LogP contribution in [-0.4, -0.2) is 21.4 Å². The van der Waals surface area contributed by atoms with Gasteiger partial charge in [-0.15, -0.1) is 11.3 Å². The summed E-state index contributed by atoms with van der Waals surface area (Å²) in [6.45, 7) is 1.42. The average molecular weight is 342 g/mol. The van der Waals surface area contributed by atoms with E-state index in [0.717, 1.165) is 0 Å². The molecule has 0 aliphatic rings. The first-order valence-corrected chi connectivity index (χ1v) is 7.99.